The summed E-state index contributed by atoms with van der Waals surface area (Å²) in [6.45, 7) is 4.05. The highest BCUT2D eigenvalue weighted by atomic mass is 35.5. The minimum Gasteiger partial charge on any atom is -0.494 e. The van der Waals surface area contributed by atoms with E-state index in [9.17, 15) is 4.79 Å². The van der Waals surface area contributed by atoms with Crippen LogP contribution in [0.2, 0.25) is 5.15 Å². The van der Waals surface area contributed by atoms with Crippen LogP contribution in [-0.4, -0.2) is 17.0 Å². The summed E-state index contributed by atoms with van der Waals surface area (Å²) in [5.41, 5.74) is 1.49. The van der Waals surface area contributed by atoms with Gasteiger partial charge in [0.15, 0.2) is 5.78 Å². The van der Waals surface area contributed by atoms with E-state index in [-0.39, 0.29) is 5.78 Å². The monoisotopic (exact) mass is 251 g/mol. The summed E-state index contributed by atoms with van der Waals surface area (Å²) in [7, 11) is 1.84. The minimum absolute atomic E-state index is 0.0331. The summed E-state index contributed by atoms with van der Waals surface area (Å²) in [4.78, 5) is 11.6. The second-order valence-corrected chi connectivity index (χ2v) is 4.25. The molecule has 0 N–H and O–H groups in total. The van der Waals surface area contributed by atoms with Gasteiger partial charge in [0.25, 0.3) is 0 Å². The molecule has 0 saturated carbocycles. The van der Waals surface area contributed by atoms with Crippen LogP contribution in [0, 0.1) is 0 Å². The van der Waals surface area contributed by atoms with Crippen LogP contribution in [-0.2, 0) is 7.05 Å². The third kappa shape index (κ3) is 1.91. The molecule has 2 aromatic rings. The molecular formula is C13H14ClNO2. The molecule has 0 aliphatic carbocycles. The van der Waals surface area contributed by atoms with Crippen molar-refractivity contribution in [3.05, 3.63) is 28.9 Å². The Morgan fingerprint density at radius 2 is 2.18 bits per heavy atom. The average Bonchev–Trinajstić information content (AvgIpc) is 2.52. The number of ketones is 1. The maximum absolute atomic E-state index is 11.6. The van der Waals surface area contributed by atoms with Crippen molar-refractivity contribution in [1.82, 2.24) is 4.57 Å². The van der Waals surface area contributed by atoms with E-state index >= 15 is 0 Å². The van der Waals surface area contributed by atoms with Crippen molar-refractivity contribution >= 4 is 28.3 Å². The quantitative estimate of drug-likeness (QED) is 0.783. The molecule has 0 atom stereocenters. The Morgan fingerprint density at radius 1 is 1.47 bits per heavy atom. The number of benzene rings is 1. The van der Waals surface area contributed by atoms with E-state index in [0.717, 1.165) is 16.7 Å². The summed E-state index contributed by atoms with van der Waals surface area (Å²) >= 11 is 6.16. The first kappa shape index (κ1) is 12.0. The zero-order chi connectivity index (χ0) is 12.6. The number of rotatable bonds is 3. The number of ether oxygens (including phenoxy) is 1. The Bertz CT molecular complexity index is 587. The maximum atomic E-state index is 11.6. The van der Waals surface area contributed by atoms with Gasteiger partial charge in [0, 0.05) is 18.0 Å². The number of hydrogen-bond acceptors (Lipinski definition) is 2. The summed E-state index contributed by atoms with van der Waals surface area (Å²) in [6, 6.07) is 5.66. The molecule has 0 radical (unpaired) electrons. The standard InChI is InChI=1S/C13H14ClNO2/c1-4-17-9-5-6-11-10(7-9)12(8(2)16)13(14)15(11)3/h5-7H,4H2,1-3H3. The molecule has 0 aliphatic rings. The highest BCUT2D eigenvalue weighted by Gasteiger charge is 2.17. The van der Waals surface area contributed by atoms with Gasteiger partial charge < -0.3 is 9.30 Å². The summed E-state index contributed by atoms with van der Waals surface area (Å²) in [6.07, 6.45) is 0. The van der Waals surface area contributed by atoms with Crippen LogP contribution in [0.5, 0.6) is 5.75 Å². The van der Waals surface area contributed by atoms with Gasteiger partial charge in [0.1, 0.15) is 10.9 Å². The van der Waals surface area contributed by atoms with E-state index in [2.05, 4.69) is 0 Å². The van der Waals surface area contributed by atoms with Crippen molar-refractivity contribution in [3.63, 3.8) is 0 Å². The summed E-state index contributed by atoms with van der Waals surface area (Å²) in [5, 5.41) is 1.32. The fourth-order valence-corrected chi connectivity index (χ4v) is 2.31. The van der Waals surface area contributed by atoms with Crippen LogP contribution >= 0.6 is 11.6 Å². The van der Waals surface area contributed by atoms with Gasteiger partial charge >= 0.3 is 0 Å². The van der Waals surface area contributed by atoms with E-state index in [1.807, 2.05) is 36.7 Å². The Kier molecular flexibility index (Phi) is 3.11. The maximum Gasteiger partial charge on any atom is 0.163 e. The third-order valence-electron chi connectivity index (χ3n) is 2.76. The molecule has 0 amide bonds. The molecule has 0 fully saturated rings. The van der Waals surface area contributed by atoms with Gasteiger partial charge in [-0.15, -0.1) is 0 Å². The van der Waals surface area contributed by atoms with Crippen LogP contribution in [0.4, 0.5) is 0 Å². The molecule has 1 aromatic heterocycles. The zero-order valence-electron chi connectivity index (χ0n) is 10.1. The first-order valence-corrected chi connectivity index (χ1v) is 5.85. The van der Waals surface area contributed by atoms with Crippen LogP contribution in [0.3, 0.4) is 0 Å². The van der Waals surface area contributed by atoms with Crippen molar-refractivity contribution < 1.29 is 9.53 Å². The largest absolute Gasteiger partial charge is 0.494 e. The minimum atomic E-state index is -0.0331. The predicted molar refractivity (Wildman–Crippen MR) is 69.1 cm³/mol. The molecule has 90 valence electrons. The predicted octanol–water partition coefficient (Wildman–Crippen LogP) is 3.43. The first-order chi connectivity index (χ1) is 8.06. The number of aromatic nitrogens is 1. The topological polar surface area (TPSA) is 31.2 Å². The molecular weight excluding hydrogens is 238 g/mol. The smallest absolute Gasteiger partial charge is 0.163 e. The SMILES string of the molecule is CCOc1ccc2c(c1)c(C(C)=O)c(Cl)n2C. The van der Waals surface area contributed by atoms with Gasteiger partial charge in [0.2, 0.25) is 0 Å². The molecule has 0 spiro atoms. The number of Topliss-reactive ketones (excluding diaryl/α,β-unsaturated/α-hetero) is 1. The average molecular weight is 252 g/mol. The second kappa shape index (κ2) is 4.41. The van der Waals surface area contributed by atoms with Gasteiger partial charge in [-0.2, -0.15) is 0 Å². The molecule has 2 rings (SSSR count). The lowest BCUT2D eigenvalue weighted by Crippen LogP contribution is -1.93. The molecule has 1 heterocycles. The molecule has 17 heavy (non-hydrogen) atoms. The zero-order valence-corrected chi connectivity index (χ0v) is 10.8. The molecule has 4 heteroatoms. The highest BCUT2D eigenvalue weighted by molar-refractivity contribution is 6.35. The Morgan fingerprint density at radius 3 is 2.76 bits per heavy atom. The van der Waals surface area contributed by atoms with Crippen molar-refractivity contribution in [2.45, 2.75) is 13.8 Å². The van der Waals surface area contributed by atoms with Gasteiger partial charge in [-0.25, -0.2) is 0 Å². The molecule has 3 nitrogen and oxygen atoms in total. The number of hydrogen-bond donors (Lipinski definition) is 0. The van der Waals surface area contributed by atoms with E-state index in [4.69, 9.17) is 16.3 Å². The number of carbonyl (C=O) groups excluding carboxylic acids is 1. The second-order valence-electron chi connectivity index (χ2n) is 3.89. The summed E-state index contributed by atoms with van der Waals surface area (Å²) < 4.78 is 7.24. The van der Waals surface area contributed by atoms with E-state index in [1.165, 1.54) is 6.92 Å². The van der Waals surface area contributed by atoms with E-state index in [0.29, 0.717) is 17.3 Å². The number of nitrogens with zero attached hydrogens (tertiary/aromatic N) is 1. The lowest BCUT2D eigenvalue weighted by atomic mass is 10.1. The molecule has 0 unspecified atom stereocenters. The lowest BCUT2D eigenvalue weighted by molar-refractivity contribution is 0.101. The molecule has 0 bridgehead atoms. The fourth-order valence-electron chi connectivity index (χ4n) is 1.98. The molecule has 0 aliphatic heterocycles. The third-order valence-corrected chi connectivity index (χ3v) is 3.21. The van der Waals surface area contributed by atoms with Crippen LogP contribution in [0.15, 0.2) is 18.2 Å². The van der Waals surface area contributed by atoms with Gasteiger partial charge in [-0.3, -0.25) is 4.79 Å². The van der Waals surface area contributed by atoms with E-state index in [1.54, 1.807) is 0 Å². The number of halogens is 1. The van der Waals surface area contributed by atoms with Crippen LogP contribution in [0.1, 0.15) is 24.2 Å². The van der Waals surface area contributed by atoms with Gasteiger partial charge in [-0.1, -0.05) is 11.6 Å². The van der Waals surface area contributed by atoms with Gasteiger partial charge in [-0.05, 0) is 32.0 Å². The van der Waals surface area contributed by atoms with Crippen molar-refractivity contribution in [3.8, 4) is 5.75 Å². The van der Waals surface area contributed by atoms with E-state index < -0.39 is 0 Å². The van der Waals surface area contributed by atoms with Crippen molar-refractivity contribution in [2.75, 3.05) is 6.61 Å². The Hall–Kier alpha value is -1.48. The molecule has 1 aromatic carbocycles. The van der Waals surface area contributed by atoms with Crippen molar-refractivity contribution in [1.29, 1.82) is 0 Å². The molecule has 0 saturated heterocycles. The lowest BCUT2D eigenvalue weighted by Gasteiger charge is -2.03. The van der Waals surface area contributed by atoms with Crippen LogP contribution in [0.25, 0.3) is 10.9 Å². The Balaban J connectivity index is 2.74. The first-order valence-electron chi connectivity index (χ1n) is 5.48. The number of carbonyl (C=O) groups is 1. The van der Waals surface area contributed by atoms with Crippen molar-refractivity contribution in [2.24, 2.45) is 7.05 Å². The Labute approximate surface area is 105 Å². The summed E-state index contributed by atoms with van der Waals surface area (Å²) in [5.74, 6) is 0.721. The van der Waals surface area contributed by atoms with Gasteiger partial charge in [0.05, 0.1) is 12.2 Å². The normalized spacial score (nSPS) is 10.8. The highest BCUT2D eigenvalue weighted by Crippen LogP contribution is 2.32. The number of fused-ring (bicyclic) bond motifs is 1. The number of aryl methyl sites for hydroxylation is 1. The fraction of sp³-hybridized carbons (Fsp3) is 0.308. The van der Waals surface area contributed by atoms with Crippen LogP contribution < -0.4 is 4.74 Å².